The standard InChI is InChI=1S/C21H32O2S2/c1-4-7-9-11-13-16-15-24-19-17(14-12-10-8-5-2)20(25-18(16)19)21(22)23-6-3/h15H,4-14H2,1-3H3. The van der Waals surface area contributed by atoms with Crippen LogP contribution in [0.3, 0.4) is 0 Å². The van der Waals surface area contributed by atoms with E-state index in [0.29, 0.717) is 6.61 Å². The van der Waals surface area contributed by atoms with E-state index in [0.717, 1.165) is 24.1 Å². The Balaban J connectivity index is 2.19. The minimum Gasteiger partial charge on any atom is -0.462 e. The van der Waals surface area contributed by atoms with E-state index in [1.807, 2.05) is 18.3 Å². The second kappa shape index (κ2) is 11.0. The molecule has 0 aliphatic rings. The number of carbonyl (C=O) groups excluding carboxylic acids is 1. The van der Waals surface area contributed by atoms with Gasteiger partial charge >= 0.3 is 5.97 Å². The molecule has 0 bridgehead atoms. The SMILES string of the molecule is CCCCCCc1csc2c(CCCCCC)c(C(=O)OCC)sc12. The second-order valence-corrected chi connectivity index (χ2v) is 8.57. The van der Waals surface area contributed by atoms with Crippen LogP contribution in [0.15, 0.2) is 5.38 Å². The maximum absolute atomic E-state index is 12.4. The molecule has 0 aromatic carbocycles. The van der Waals surface area contributed by atoms with Crippen molar-refractivity contribution < 1.29 is 9.53 Å². The van der Waals surface area contributed by atoms with Gasteiger partial charge in [0, 0.05) is 9.40 Å². The summed E-state index contributed by atoms with van der Waals surface area (Å²) in [5.41, 5.74) is 2.69. The third kappa shape index (κ3) is 5.55. The van der Waals surface area contributed by atoms with Crippen molar-refractivity contribution in [3.63, 3.8) is 0 Å². The van der Waals surface area contributed by atoms with Gasteiger partial charge in [0.25, 0.3) is 0 Å². The van der Waals surface area contributed by atoms with Crippen LogP contribution in [0.5, 0.6) is 0 Å². The predicted molar refractivity (Wildman–Crippen MR) is 111 cm³/mol. The third-order valence-corrected chi connectivity index (χ3v) is 7.12. The van der Waals surface area contributed by atoms with E-state index < -0.39 is 0 Å². The molecule has 0 saturated carbocycles. The first-order valence-corrected chi connectivity index (χ1v) is 11.6. The molecule has 0 unspecified atom stereocenters. The molecular formula is C21H32O2S2. The molecule has 0 aliphatic carbocycles. The Kier molecular flexibility index (Phi) is 8.97. The highest BCUT2D eigenvalue weighted by atomic mass is 32.1. The van der Waals surface area contributed by atoms with Crippen LogP contribution < -0.4 is 0 Å². The highest BCUT2D eigenvalue weighted by molar-refractivity contribution is 7.28. The Morgan fingerprint density at radius 3 is 2.24 bits per heavy atom. The largest absolute Gasteiger partial charge is 0.462 e. The first-order valence-electron chi connectivity index (χ1n) is 9.91. The molecular weight excluding hydrogens is 348 g/mol. The monoisotopic (exact) mass is 380 g/mol. The van der Waals surface area contributed by atoms with Gasteiger partial charge in [-0.05, 0) is 49.1 Å². The highest BCUT2D eigenvalue weighted by Gasteiger charge is 2.22. The molecule has 2 nitrogen and oxygen atoms in total. The molecule has 0 amide bonds. The topological polar surface area (TPSA) is 26.3 Å². The normalized spacial score (nSPS) is 11.3. The average molecular weight is 381 g/mol. The van der Waals surface area contributed by atoms with Crippen molar-refractivity contribution in [3.05, 3.63) is 21.4 Å². The van der Waals surface area contributed by atoms with Crippen molar-refractivity contribution in [2.45, 2.75) is 85.0 Å². The van der Waals surface area contributed by atoms with Crippen molar-refractivity contribution in [2.24, 2.45) is 0 Å². The summed E-state index contributed by atoms with van der Waals surface area (Å²) in [6.07, 6.45) is 12.2. The van der Waals surface area contributed by atoms with Crippen molar-refractivity contribution in [1.29, 1.82) is 0 Å². The number of hydrogen-bond acceptors (Lipinski definition) is 4. The molecule has 2 rings (SSSR count). The quantitative estimate of drug-likeness (QED) is 0.283. The van der Waals surface area contributed by atoms with Gasteiger partial charge in [0.2, 0.25) is 0 Å². The fraction of sp³-hybridized carbons (Fsp3) is 0.667. The number of ether oxygens (including phenoxy) is 1. The van der Waals surface area contributed by atoms with Gasteiger partial charge in [-0.1, -0.05) is 52.4 Å². The third-order valence-electron chi connectivity index (χ3n) is 4.61. The van der Waals surface area contributed by atoms with Crippen LogP contribution >= 0.6 is 22.7 Å². The number of hydrogen-bond donors (Lipinski definition) is 0. The molecule has 2 aromatic heterocycles. The number of aryl methyl sites for hydroxylation is 2. The molecule has 2 heterocycles. The van der Waals surface area contributed by atoms with Gasteiger partial charge in [-0.3, -0.25) is 0 Å². The lowest BCUT2D eigenvalue weighted by Crippen LogP contribution is -2.05. The summed E-state index contributed by atoms with van der Waals surface area (Å²) in [6, 6.07) is 0. The highest BCUT2D eigenvalue weighted by Crippen LogP contribution is 2.40. The average Bonchev–Trinajstić information content (AvgIpc) is 3.16. The van der Waals surface area contributed by atoms with E-state index in [9.17, 15) is 4.79 Å². The van der Waals surface area contributed by atoms with Crippen LogP contribution in [0.4, 0.5) is 0 Å². The summed E-state index contributed by atoms with van der Waals surface area (Å²) >= 11 is 3.50. The number of thiophene rings is 2. The van der Waals surface area contributed by atoms with Gasteiger partial charge in [0.05, 0.1) is 6.61 Å². The summed E-state index contributed by atoms with van der Waals surface area (Å²) in [5, 5.41) is 2.32. The van der Waals surface area contributed by atoms with E-state index in [1.54, 1.807) is 11.3 Å². The number of esters is 1. The maximum Gasteiger partial charge on any atom is 0.348 e. The number of fused-ring (bicyclic) bond motifs is 1. The van der Waals surface area contributed by atoms with Gasteiger partial charge in [-0.15, -0.1) is 22.7 Å². The first-order chi connectivity index (χ1) is 12.2. The minimum absolute atomic E-state index is 0.127. The van der Waals surface area contributed by atoms with E-state index in [1.165, 1.54) is 65.5 Å². The molecule has 0 spiro atoms. The van der Waals surface area contributed by atoms with E-state index >= 15 is 0 Å². The summed E-state index contributed by atoms with van der Waals surface area (Å²) in [6.45, 7) is 6.81. The first kappa shape index (κ1) is 20.4. The van der Waals surface area contributed by atoms with Gasteiger partial charge in [-0.25, -0.2) is 4.79 Å². The van der Waals surface area contributed by atoms with Gasteiger partial charge < -0.3 is 4.74 Å². The fourth-order valence-corrected chi connectivity index (χ4v) is 5.87. The van der Waals surface area contributed by atoms with Gasteiger partial charge in [-0.2, -0.15) is 0 Å². The smallest absolute Gasteiger partial charge is 0.348 e. The molecule has 0 atom stereocenters. The second-order valence-electron chi connectivity index (χ2n) is 6.67. The number of rotatable bonds is 12. The molecule has 2 aromatic rings. The molecule has 0 N–H and O–H groups in total. The van der Waals surface area contributed by atoms with Crippen LogP contribution in [-0.4, -0.2) is 12.6 Å². The van der Waals surface area contributed by atoms with Crippen LogP contribution in [0.25, 0.3) is 9.40 Å². The summed E-state index contributed by atoms with van der Waals surface area (Å²) < 4.78 is 8.01. The van der Waals surface area contributed by atoms with E-state index in [4.69, 9.17) is 4.74 Å². The Morgan fingerprint density at radius 2 is 1.60 bits per heavy atom. The lowest BCUT2D eigenvalue weighted by atomic mass is 10.1. The minimum atomic E-state index is -0.127. The lowest BCUT2D eigenvalue weighted by Gasteiger charge is -2.04. The molecule has 140 valence electrons. The van der Waals surface area contributed by atoms with E-state index in [2.05, 4.69) is 19.2 Å². The van der Waals surface area contributed by atoms with Crippen LogP contribution in [0.2, 0.25) is 0 Å². The molecule has 4 heteroatoms. The van der Waals surface area contributed by atoms with Crippen LogP contribution in [0.1, 0.15) is 92.9 Å². The van der Waals surface area contributed by atoms with Crippen molar-refractivity contribution in [3.8, 4) is 0 Å². The molecule has 0 saturated heterocycles. The molecule has 0 fully saturated rings. The number of unbranched alkanes of at least 4 members (excludes halogenated alkanes) is 6. The maximum atomic E-state index is 12.4. The van der Waals surface area contributed by atoms with Crippen molar-refractivity contribution >= 4 is 38.0 Å². The van der Waals surface area contributed by atoms with Gasteiger partial charge in [0.15, 0.2) is 0 Å². The predicted octanol–water partition coefficient (Wildman–Crippen LogP) is 7.39. The van der Waals surface area contributed by atoms with Crippen LogP contribution in [-0.2, 0) is 17.6 Å². The zero-order valence-corrected chi connectivity index (χ0v) is 17.6. The molecule has 0 aliphatic heterocycles. The summed E-state index contributed by atoms with van der Waals surface area (Å²) in [4.78, 5) is 13.3. The molecule has 0 radical (unpaired) electrons. The Bertz CT molecular complexity index is 654. The van der Waals surface area contributed by atoms with Crippen molar-refractivity contribution in [1.82, 2.24) is 0 Å². The summed E-state index contributed by atoms with van der Waals surface area (Å²) in [7, 11) is 0. The zero-order chi connectivity index (χ0) is 18.1. The molecule has 25 heavy (non-hydrogen) atoms. The fourth-order valence-electron chi connectivity index (χ4n) is 3.20. The lowest BCUT2D eigenvalue weighted by molar-refractivity contribution is 0.0531. The van der Waals surface area contributed by atoms with E-state index in [-0.39, 0.29) is 5.97 Å². The summed E-state index contributed by atoms with van der Waals surface area (Å²) in [5.74, 6) is -0.127. The van der Waals surface area contributed by atoms with Gasteiger partial charge in [0.1, 0.15) is 4.88 Å². The van der Waals surface area contributed by atoms with Crippen molar-refractivity contribution in [2.75, 3.05) is 6.61 Å². The zero-order valence-electron chi connectivity index (χ0n) is 16.0. The Labute approximate surface area is 160 Å². The number of carbonyl (C=O) groups is 1. The van der Waals surface area contributed by atoms with Crippen LogP contribution in [0, 0.1) is 0 Å². The Morgan fingerprint density at radius 1 is 0.920 bits per heavy atom. The Hall–Kier alpha value is -0.870.